The standard InChI is InChI=1S/C12H7NO2.C6H12O6/c14-8-5-6-10-12(7-8)15-11-4-2-1-3-9(11)13-10;7-1-2-3(8)4(9)5(10)6(11)12-2/h1-7H;2-11H,1H2/t;2-,3-,4+,5+,6+/m.1/s1. The number of rotatable bonds is 1. The number of aromatic nitrogens is 1. The average Bonchev–Trinajstić information content (AvgIpc) is 2.68. The Bertz CT molecular complexity index is 924. The van der Waals surface area contributed by atoms with Gasteiger partial charge in [-0.3, -0.25) is 4.79 Å². The fraction of sp³-hybridized carbons (Fsp3) is 0.333. The van der Waals surface area contributed by atoms with Gasteiger partial charge in [0.1, 0.15) is 35.6 Å². The van der Waals surface area contributed by atoms with E-state index in [2.05, 4.69) is 9.72 Å². The van der Waals surface area contributed by atoms with Gasteiger partial charge in [0.05, 0.1) is 6.61 Å². The van der Waals surface area contributed by atoms with Crippen LogP contribution in [0.1, 0.15) is 0 Å². The summed E-state index contributed by atoms with van der Waals surface area (Å²) in [6, 6.07) is 12.1. The van der Waals surface area contributed by atoms with Gasteiger partial charge in [0.25, 0.3) is 0 Å². The van der Waals surface area contributed by atoms with Crippen LogP contribution in [-0.2, 0) is 4.74 Å². The van der Waals surface area contributed by atoms with Gasteiger partial charge in [-0.05, 0) is 24.3 Å². The van der Waals surface area contributed by atoms with Crippen LogP contribution >= 0.6 is 0 Å². The second-order valence-corrected chi connectivity index (χ2v) is 6.03. The highest BCUT2D eigenvalue weighted by Gasteiger charge is 2.42. The van der Waals surface area contributed by atoms with Crippen LogP contribution in [-0.4, -0.2) is 67.8 Å². The molecule has 0 saturated carbocycles. The molecule has 0 radical (unpaired) electrons. The van der Waals surface area contributed by atoms with Gasteiger partial charge in [0.2, 0.25) is 0 Å². The average molecular weight is 377 g/mol. The second-order valence-electron chi connectivity index (χ2n) is 6.03. The largest absolute Gasteiger partial charge is 0.453 e. The zero-order valence-corrected chi connectivity index (χ0v) is 14.0. The molecule has 144 valence electrons. The van der Waals surface area contributed by atoms with Gasteiger partial charge in [-0.25, -0.2) is 4.98 Å². The summed E-state index contributed by atoms with van der Waals surface area (Å²) in [7, 11) is 0. The number of ether oxygens (including phenoxy) is 1. The number of benzene rings is 2. The molecule has 0 spiro atoms. The molecule has 9 heteroatoms. The lowest BCUT2D eigenvalue weighted by atomic mass is 10.00. The van der Waals surface area contributed by atoms with E-state index in [9.17, 15) is 4.79 Å². The molecule has 0 aromatic heterocycles. The number of hydrogen-bond donors (Lipinski definition) is 5. The van der Waals surface area contributed by atoms with Gasteiger partial charge in [0, 0.05) is 6.07 Å². The summed E-state index contributed by atoms with van der Waals surface area (Å²) in [6.07, 6.45) is -7.04. The first-order chi connectivity index (χ1) is 12.9. The predicted molar refractivity (Wildman–Crippen MR) is 92.9 cm³/mol. The van der Waals surface area contributed by atoms with Crippen molar-refractivity contribution in [3.05, 3.63) is 52.7 Å². The molecular formula is C18H19NO8. The molecule has 2 aliphatic heterocycles. The normalized spacial score (nSPS) is 28.0. The van der Waals surface area contributed by atoms with Crippen molar-refractivity contribution in [2.75, 3.05) is 6.61 Å². The molecule has 3 aliphatic rings. The van der Waals surface area contributed by atoms with Gasteiger partial charge in [-0.1, -0.05) is 12.1 Å². The summed E-state index contributed by atoms with van der Waals surface area (Å²) in [5.41, 5.74) is 2.12. The third-order valence-electron chi connectivity index (χ3n) is 4.12. The van der Waals surface area contributed by atoms with Crippen LogP contribution in [0.3, 0.4) is 0 Å². The molecule has 2 heterocycles. The molecule has 0 bridgehead atoms. The second kappa shape index (κ2) is 8.09. The Balaban J connectivity index is 0.000000161. The van der Waals surface area contributed by atoms with Gasteiger partial charge in [-0.2, -0.15) is 0 Å². The number of hydrogen-bond acceptors (Lipinski definition) is 9. The van der Waals surface area contributed by atoms with Gasteiger partial charge in [-0.15, -0.1) is 0 Å². The number of aliphatic hydroxyl groups is 5. The topological polar surface area (TPSA) is 153 Å². The Morgan fingerprint density at radius 1 is 0.963 bits per heavy atom. The van der Waals surface area contributed by atoms with Crippen molar-refractivity contribution in [1.29, 1.82) is 0 Å². The molecule has 1 aliphatic carbocycles. The maximum absolute atomic E-state index is 11.1. The van der Waals surface area contributed by atoms with Gasteiger partial charge < -0.3 is 34.7 Å². The van der Waals surface area contributed by atoms with Crippen molar-refractivity contribution in [2.45, 2.75) is 30.7 Å². The fourth-order valence-electron chi connectivity index (χ4n) is 2.63. The van der Waals surface area contributed by atoms with E-state index < -0.39 is 37.3 Å². The zero-order chi connectivity index (χ0) is 19.6. The quantitative estimate of drug-likeness (QED) is 0.338. The van der Waals surface area contributed by atoms with Crippen LogP contribution in [0.5, 0.6) is 0 Å². The third kappa shape index (κ3) is 4.14. The number of fused-ring (bicyclic) bond motifs is 2. The minimum Gasteiger partial charge on any atom is -0.453 e. The van der Waals surface area contributed by atoms with E-state index in [1.54, 1.807) is 6.07 Å². The minimum atomic E-state index is -1.57. The molecule has 0 unspecified atom stereocenters. The van der Waals surface area contributed by atoms with E-state index in [1.807, 2.05) is 24.3 Å². The van der Waals surface area contributed by atoms with Crippen molar-refractivity contribution in [1.82, 2.24) is 4.98 Å². The fourth-order valence-corrected chi connectivity index (χ4v) is 2.63. The molecular weight excluding hydrogens is 358 g/mol. The van der Waals surface area contributed by atoms with Gasteiger partial charge >= 0.3 is 0 Å². The highest BCUT2D eigenvalue weighted by molar-refractivity contribution is 5.75. The first-order valence-electron chi connectivity index (χ1n) is 8.19. The Morgan fingerprint density at radius 3 is 2.44 bits per heavy atom. The van der Waals surface area contributed by atoms with E-state index in [-0.39, 0.29) is 5.43 Å². The maximum atomic E-state index is 11.1. The van der Waals surface area contributed by atoms with E-state index in [0.29, 0.717) is 17.0 Å². The summed E-state index contributed by atoms with van der Waals surface area (Å²) < 4.78 is 10.1. The summed E-state index contributed by atoms with van der Waals surface area (Å²) in [5.74, 6) is 0.529. The summed E-state index contributed by atoms with van der Waals surface area (Å²) >= 11 is 0. The van der Waals surface area contributed by atoms with Crippen molar-refractivity contribution < 1.29 is 34.7 Å². The van der Waals surface area contributed by atoms with Crippen LogP contribution in [0.15, 0.2) is 51.7 Å². The first kappa shape index (κ1) is 19.4. The molecule has 5 atom stereocenters. The third-order valence-corrected chi connectivity index (χ3v) is 4.12. The molecule has 1 aromatic carbocycles. The lowest BCUT2D eigenvalue weighted by molar-refractivity contribution is -0.286. The lowest BCUT2D eigenvalue weighted by Crippen LogP contribution is -2.58. The smallest absolute Gasteiger partial charge is 0.184 e. The molecule has 1 aromatic rings. The summed E-state index contributed by atoms with van der Waals surface area (Å²) in [4.78, 5) is 15.5. The predicted octanol–water partition coefficient (Wildman–Crippen LogP) is -0.929. The van der Waals surface area contributed by atoms with Crippen molar-refractivity contribution in [3.63, 3.8) is 0 Å². The van der Waals surface area contributed by atoms with Crippen molar-refractivity contribution in [2.24, 2.45) is 0 Å². The van der Waals surface area contributed by atoms with Gasteiger partial charge in [0.15, 0.2) is 23.1 Å². The van der Waals surface area contributed by atoms with Crippen LogP contribution < -0.4 is 5.43 Å². The summed E-state index contributed by atoms with van der Waals surface area (Å²) in [5, 5.41) is 44.7. The molecule has 9 nitrogen and oxygen atoms in total. The highest BCUT2D eigenvalue weighted by atomic mass is 16.6. The first-order valence-corrected chi connectivity index (χ1v) is 8.19. The van der Waals surface area contributed by atoms with Crippen LogP contribution in [0, 0.1) is 0 Å². The Hall–Kier alpha value is -2.40. The van der Waals surface area contributed by atoms with Crippen LogP contribution in [0.4, 0.5) is 0 Å². The van der Waals surface area contributed by atoms with E-state index in [1.165, 1.54) is 12.1 Å². The number of para-hydroxylation sites is 2. The maximum Gasteiger partial charge on any atom is 0.184 e. The minimum absolute atomic E-state index is 0.0664. The Morgan fingerprint density at radius 2 is 1.70 bits per heavy atom. The lowest BCUT2D eigenvalue weighted by Gasteiger charge is -2.37. The Kier molecular flexibility index (Phi) is 5.80. The SMILES string of the molecule is O=c1ccc2nc3ccccc3oc-2c1.OC[C@H]1O[C@H](O)[C@@H](O)[C@@H](O)[C@@H]1O. The summed E-state index contributed by atoms with van der Waals surface area (Å²) in [6.45, 7) is -0.526. The Labute approximate surface area is 153 Å². The number of aliphatic hydroxyl groups excluding tert-OH is 5. The van der Waals surface area contributed by atoms with Crippen molar-refractivity contribution in [3.8, 4) is 11.5 Å². The van der Waals surface area contributed by atoms with Crippen LogP contribution in [0.25, 0.3) is 22.6 Å². The van der Waals surface area contributed by atoms with E-state index in [4.69, 9.17) is 29.9 Å². The van der Waals surface area contributed by atoms with Crippen LogP contribution in [0.2, 0.25) is 0 Å². The van der Waals surface area contributed by atoms with E-state index in [0.717, 1.165) is 5.52 Å². The molecule has 0 amide bonds. The van der Waals surface area contributed by atoms with Crippen molar-refractivity contribution >= 4 is 11.1 Å². The molecule has 27 heavy (non-hydrogen) atoms. The number of nitrogens with zero attached hydrogens (tertiary/aromatic N) is 1. The molecule has 4 rings (SSSR count). The zero-order valence-electron chi connectivity index (χ0n) is 14.0. The molecule has 1 saturated heterocycles. The highest BCUT2D eigenvalue weighted by Crippen LogP contribution is 2.22. The van der Waals surface area contributed by atoms with E-state index >= 15 is 0 Å². The molecule has 5 N–H and O–H groups in total. The monoisotopic (exact) mass is 377 g/mol. The molecule has 1 fully saturated rings.